The Labute approximate surface area is 130 Å². The van der Waals surface area contributed by atoms with Crippen molar-refractivity contribution in [2.24, 2.45) is 5.92 Å². The number of hydrogen-bond acceptors (Lipinski definition) is 3. The van der Waals surface area contributed by atoms with Crippen molar-refractivity contribution in [3.05, 3.63) is 54.1 Å². The van der Waals surface area contributed by atoms with Crippen LogP contribution in [0, 0.1) is 5.92 Å². The molecule has 0 saturated carbocycles. The van der Waals surface area contributed by atoms with Gasteiger partial charge in [-0.3, -0.25) is 4.79 Å². The Balaban J connectivity index is 2.01. The summed E-state index contributed by atoms with van der Waals surface area (Å²) in [6, 6.07) is 15.4. The molecule has 0 aliphatic carbocycles. The number of ether oxygens (including phenoxy) is 1. The van der Waals surface area contributed by atoms with Crippen molar-refractivity contribution < 1.29 is 9.53 Å². The number of amides is 1. The summed E-state index contributed by atoms with van der Waals surface area (Å²) in [5, 5.41) is 0. The van der Waals surface area contributed by atoms with E-state index in [1.54, 1.807) is 17.0 Å². The molecule has 2 aromatic rings. The predicted molar refractivity (Wildman–Crippen MR) is 87.7 cm³/mol. The van der Waals surface area contributed by atoms with Gasteiger partial charge in [0.1, 0.15) is 5.75 Å². The van der Waals surface area contributed by atoms with E-state index in [0.717, 1.165) is 11.3 Å². The molecule has 2 aromatic carbocycles. The fourth-order valence-electron chi connectivity index (χ4n) is 2.66. The highest BCUT2D eigenvalue weighted by atomic mass is 16.5. The summed E-state index contributed by atoms with van der Waals surface area (Å²) in [6.07, 6.45) is -0.474. The minimum Gasteiger partial charge on any atom is -0.478 e. The van der Waals surface area contributed by atoms with Crippen molar-refractivity contribution >= 4 is 17.3 Å². The van der Waals surface area contributed by atoms with Crippen molar-refractivity contribution in [3.63, 3.8) is 0 Å². The largest absolute Gasteiger partial charge is 0.478 e. The van der Waals surface area contributed by atoms with Crippen LogP contribution in [-0.2, 0) is 11.3 Å². The number of fused-ring (bicyclic) bond motifs is 1. The van der Waals surface area contributed by atoms with Crippen molar-refractivity contribution in [2.75, 3.05) is 10.6 Å². The molecule has 3 rings (SSSR count). The molecular formula is C18H20N2O2. The summed E-state index contributed by atoms with van der Waals surface area (Å²) in [6.45, 7) is 4.50. The van der Waals surface area contributed by atoms with Gasteiger partial charge in [-0.1, -0.05) is 44.2 Å². The number of benzene rings is 2. The minimum atomic E-state index is -0.474. The van der Waals surface area contributed by atoms with Gasteiger partial charge in [-0.25, -0.2) is 0 Å². The lowest BCUT2D eigenvalue weighted by Crippen LogP contribution is -2.48. The quantitative estimate of drug-likeness (QED) is 0.885. The topological polar surface area (TPSA) is 55.6 Å². The van der Waals surface area contributed by atoms with E-state index in [4.69, 9.17) is 10.5 Å². The van der Waals surface area contributed by atoms with Crippen LogP contribution in [0.1, 0.15) is 19.4 Å². The van der Waals surface area contributed by atoms with Gasteiger partial charge in [0.15, 0.2) is 6.10 Å². The third-order valence-corrected chi connectivity index (χ3v) is 3.83. The summed E-state index contributed by atoms with van der Waals surface area (Å²) >= 11 is 0. The Bertz CT molecular complexity index is 683. The van der Waals surface area contributed by atoms with Gasteiger partial charge >= 0.3 is 0 Å². The SMILES string of the molecule is CC(C)C1Oc2cc(N)ccc2N(Cc2ccccc2)C1=O. The average Bonchev–Trinajstić information content (AvgIpc) is 2.50. The van der Waals surface area contributed by atoms with E-state index in [2.05, 4.69) is 0 Å². The molecule has 22 heavy (non-hydrogen) atoms. The molecule has 4 nitrogen and oxygen atoms in total. The standard InChI is InChI=1S/C18H20N2O2/c1-12(2)17-18(21)20(11-13-6-4-3-5-7-13)15-9-8-14(19)10-16(15)22-17/h3-10,12,17H,11,19H2,1-2H3. The van der Waals surface area contributed by atoms with Crippen LogP contribution in [-0.4, -0.2) is 12.0 Å². The van der Waals surface area contributed by atoms with Gasteiger partial charge in [-0.05, 0) is 23.6 Å². The third-order valence-electron chi connectivity index (χ3n) is 3.83. The second kappa shape index (κ2) is 5.72. The van der Waals surface area contributed by atoms with Crippen LogP contribution in [0.15, 0.2) is 48.5 Å². The lowest BCUT2D eigenvalue weighted by molar-refractivity contribution is -0.128. The molecule has 1 aliphatic heterocycles. The first kappa shape index (κ1) is 14.4. The molecule has 2 N–H and O–H groups in total. The lowest BCUT2D eigenvalue weighted by atomic mass is 10.0. The highest BCUT2D eigenvalue weighted by molar-refractivity contribution is 6.00. The Morgan fingerprint density at radius 2 is 1.91 bits per heavy atom. The molecule has 0 saturated heterocycles. The fraction of sp³-hybridized carbons (Fsp3) is 0.278. The molecule has 0 fully saturated rings. The first-order valence-corrected chi connectivity index (χ1v) is 7.48. The average molecular weight is 296 g/mol. The molecule has 0 aromatic heterocycles. The zero-order valence-electron chi connectivity index (χ0n) is 12.8. The maximum Gasteiger partial charge on any atom is 0.268 e. The third kappa shape index (κ3) is 2.64. The van der Waals surface area contributed by atoms with Crippen molar-refractivity contribution in [3.8, 4) is 5.75 Å². The summed E-state index contributed by atoms with van der Waals surface area (Å²) in [4.78, 5) is 14.6. The number of nitrogens with zero attached hydrogens (tertiary/aromatic N) is 1. The Morgan fingerprint density at radius 3 is 2.59 bits per heavy atom. The molecule has 4 heteroatoms. The van der Waals surface area contributed by atoms with Gasteiger partial charge in [0.05, 0.1) is 12.2 Å². The van der Waals surface area contributed by atoms with Crippen LogP contribution in [0.2, 0.25) is 0 Å². The lowest BCUT2D eigenvalue weighted by Gasteiger charge is -2.36. The van der Waals surface area contributed by atoms with Gasteiger partial charge in [-0.15, -0.1) is 0 Å². The van der Waals surface area contributed by atoms with Gasteiger partial charge < -0.3 is 15.4 Å². The summed E-state index contributed by atoms with van der Waals surface area (Å²) in [5.74, 6) is 0.769. The van der Waals surface area contributed by atoms with E-state index < -0.39 is 6.10 Å². The smallest absolute Gasteiger partial charge is 0.268 e. The molecule has 1 heterocycles. The molecule has 1 unspecified atom stereocenters. The van der Waals surface area contributed by atoms with E-state index in [9.17, 15) is 4.79 Å². The predicted octanol–water partition coefficient (Wildman–Crippen LogP) is 3.22. The van der Waals surface area contributed by atoms with E-state index in [1.807, 2.05) is 50.2 Å². The van der Waals surface area contributed by atoms with Gasteiger partial charge in [0.2, 0.25) is 0 Å². The second-order valence-corrected chi connectivity index (χ2v) is 5.92. The zero-order valence-corrected chi connectivity index (χ0v) is 12.8. The van der Waals surface area contributed by atoms with Crippen LogP contribution in [0.4, 0.5) is 11.4 Å². The molecule has 0 spiro atoms. The van der Waals surface area contributed by atoms with Crippen LogP contribution in [0.25, 0.3) is 0 Å². The van der Waals surface area contributed by atoms with Gasteiger partial charge in [-0.2, -0.15) is 0 Å². The molecule has 1 aliphatic rings. The number of carbonyl (C=O) groups excluding carboxylic acids is 1. The summed E-state index contributed by atoms with van der Waals surface area (Å²) < 4.78 is 5.88. The van der Waals surface area contributed by atoms with Crippen LogP contribution in [0.5, 0.6) is 5.75 Å². The first-order valence-electron chi connectivity index (χ1n) is 7.48. The van der Waals surface area contributed by atoms with E-state index >= 15 is 0 Å². The molecule has 1 amide bonds. The van der Waals surface area contributed by atoms with Crippen molar-refractivity contribution in [2.45, 2.75) is 26.5 Å². The summed E-state index contributed by atoms with van der Waals surface area (Å²) in [5.41, 5.74) is 8.35. The van der Waals surface area contributed by atoms with Crippen LogP contribution < -0.4 is 15.4 Å². The van der Waals surface area contributed by atoms with Gasteiger partial charge in [0, 0.05) is 11.8 Å². The number of nitrogens with two attached hydrogens (primary N) is 1. The monoisotopic (exact) mass is 296 g/mol. The molecule has 0 radical (unpaired) electrons. The molecule has 114 valence electrons. The van der Waals surface area contributed by atoms with Gasteiger partial charge in [0.25, 0.3) is 5.91 Å². The normalized spacial score (nSPS) is 17.3. The second-order valence-electron chi connectivity index (χ2n) is 5.92. The van der Waals surface area contributed by atoms with Crippen molar-refractivity contribution in [1.82, 2.24) is 0 Å². The van der Waals surface area contributed by atoms with Crippen molar-refractivity contribution in [1.29, 1.82) is 0 Å². The maximum atomic E-state index is 12.8. The minimum absolute atomic E-state index is 0.00359. The fourth-order valence-corrected chi connectivity index (χ4v) is 2.66. The van der Waals surface area contributed by atoms with Crippen LogP contribution in [0.3, 0.4) is 0 Å². The number of anilines is 2. The molecule has 1 atom stereocenters. The Kier molecular flexibility index (Phi) is 3.75. The van der Waals surface area contributed by atoms with Crippen LogP contribution >= 0.6 is 0 Å². The summed E-state index contributed by atoms with van der Waals surface area (Å²) in [7, 11) is 0. The first-order chi connectivity index (χ1) is 10.6. The zero-order chi connectivity index (χ0) is 15.7. The van der Waals surface area contributed by atoms with E-state index in [0.29, 0.717) is 18.0 Å². The van der Waals surface area contributed by atoms with E-state index in [1.165, 1.54) is 0 Å². The maximum absolute atomic E-state index is 12.8. The Hall–Kier alpha value is -2.49. The number of hydrogen-bond donors (Lipinski definition) is 1. The van der Waals surface area contributed by atoms with E-state index in [-0.39, 0.29) is 11.8 Å². The molecular weight excluding hydrogens is 276 g/mol. The Morgan fingerprint density at radius 1 is 1.18 bits per heavy atom. The number of carbonyl (C=O) groups is 1. The molecule has 0 bridgehead atoms. The number of nitrogen functional groups attached to an aromatic ring is 1. The number of rotatable bonds is 3. The highest BCUT2D eigenvalue weighted by Gasteiger charge is 2.36. The highest BCUT2D eigenvalue weighted by Crippen LogP contribution is 2.37.